The highest BCUT2D eigenvalue weighted by Crippen LogP contribution is 2.12. The molecule has 12 heavy (non-hydrogen) atoms. The second-order valence-electron chi connectivity index (χ2n) is 2.77. The summed E-state index contributed by atoms with van der Waals surface area (Å²) in [6.07, 6.45) is 3.51. The Morgan fingerprint density at radius 3 is 2.67 bits per heavy atom. The van der Waals surface area contributed by atoms with Gasteiger partial charge in [-0.15, -0.1) is 0 Å². The number of allylic oxidation sites excluding steroid dienone is 1. The number of rotatable bonds is 3. The first-order valence-electron chi connectivity index (χ1n) is 3.79. The number of amides is 1. The van der Waals surface area contributed by atoms with Crippen LogP contribution in [0.1, 0.15) is 13.3 Å². The molecule has 0 N–H and O–H groups in total. The summed E-state index contributed by atoms with van der Waals surface area (Å²) in [5, 5.41) is 0. The molecule has 0 fully saturated rings. The van der Waals surface area contributed by atoms with Gasteiger partial charge >= 0.3 is 0 Å². The fourth-order valence-corrected chi connectivity index (χ4v) is 1.01. The smallest absolute Gasteiger partial charge is 0.251 e. The first kappa shape index (κ1) is 8.71. The van der Waals surface area contributed by atoms with Crippen LogP contribution >= 0.6 is 0 Å². The van der Waals surface area contributed by atoms with Gasteiger partial charge in [0.05, 0.1) is 0 Å². The van der Waals surface area contributed by atoms with Crippen molar-refractivity contribution in [2.75, 3.05) is 6.54 Å². The van der Waals surface area contributed by atoms with Gasteiger partial charge in [-0.3, -0.25) is 9.59 Å². The van der Waals surface area contributed by atoms with Crippen molar-refractivity contribution < 1.29 is 9.59 Å². The number of carbonyl (C=O) groups excluding carboxylic acids is 2. The lowest BCUT2D eigenvalue weighted by molar-refractivity contribution is -0.124. The molecule has 0 aromatic rings. The standard InChI is InChI=1S/C9H11NO2/c1-7-3-4-9(12)10(7)6-5-8(2)11/h3-4H,1,5-6H2,2H3. The van der Waals surface area contributed by atoms with Gasteiger partial charge in [0.25, 0.3) is 5.91 Å². The second-order valence-corrected chi connectivity index (χ2v) is 2.77. The summed E-state index contributed by atoms with van der Waals surface area (Å²) in [7, 11) is 0. The number of hydrogen-bond acceptors (Lipinski definition) is 2. The van der Waals surface area contributed by atoms with E-state index < -0.39 is 0 Å². The van der Waals surface area contributed by atoms with Crippen molar-refractivity contribution >= 4 is 11.7 Å². The lowest BCUT2D eigenvalue weighted by atomic mass is 10.3. The minimum atomic E-state index is -0.0822. The Morgan fingerprint density at radius 1 is 1.58 bits per heavy atom. The Kier molecular flexibility index (Phi) is 2.43. The molecule has 0 unspecified atom stereocenters. The molecular formula is C9H11NO2. The number of carbonyl (C=O) groups is 2. The van der Waals surface area contributed by atoms with Crippen LogP contribution in [0.15, 0.2) is 24.4 Å². The zero-order chi connectivity index (χ0) is 9.14. The molecule has 64 valence electrons. The molecule has 3 heteroatoms. The third-order valence-corrected chi connectivity index (χ3v) is 1.72. The number of nitrogens with zero attached hydrogens (tertiary/aromatic N) is 1. The molecular weight excluding hydrogens is 154 g/mol. The third-order valence-electron chi connectivity index (χ3n) is 1.72. The van der Waals surface area contributed by atoms with Gasteiger partial charge in [-0.05, 0) is 13.0 Å². The van der Waals surface area contributed by atoms with E-state index in [1.54, 1.807) is 6.08 Å². The molecule has 0 bridgehead atoms. The Bertz CT molecular complexity index is 248. The van der Waals surface area contributed by atoms with Crippen LogP contribution in [-0.2, 0) is 9.59 Å². The Hall–Kier alpha value is -1.38. The van der Waals surface area contributed by atoms with E-state index in [1.165, 1.54) is 17.9 Å². The molecule has 1 rings (SSSR count). The maximum atomic E-state index is 11.1. The van der Waals surface area contributed by atoms with Crippen LogP contribution in [0.4, 0.5) is 0 Å². The maximum Gasteiger partial charge on any atom is 0.251 e. The fourth-order valence-electron chi connectivity index (χ4n) is 1.01. The molecule has 3 nitrogen and oxygen atoms in total. The Morgan fingerprint density at radius 2 is 2.25 bits per heavy atom. The summed E-state index contributed by atoms with van der Waals surface area (Å²) in [4.78, 5) is 23.2. The van der Waals surface area contributed by atoms with Crippen LogP contribution in [-0.4, -0.2) is 23.1 Å². The van der Waals surface area contributed by atoms with Gasteiger partial charge in [-0.2, -0.15) is 0 Å². The minimum absolute atomic E-state index is 0.0822. The molecule has 0 aromatic heterocycles. The van der Waals surface area contributed by atoms with Gasteiger partial charge in [0.15, 0.2) is 0 Å². The normalized spacial score (nSPS) is 15.9. The quantitative estimate of drug-likeness (QED) is 0.622. The predicted molar refractivity (Wildman–Crippen MR) is 45.3 cm³/mol. The summed E-state index contributed by atoms with van der Waals surface area (Å²) in [5.74, 6) is 0.00347. The molecule has 0 aliphatic carbocycles. The zero-order valence-electron chi connectivity index (χ0n) is 7.04. The lowest BCUT2D eigenvalue weighted by Crippen LogP contribution is -2.25. The van der Waals surface area contributed by atoms with Gasteiger partial charge in [-0.1, -0.05) is 6.58 Å². The van der Waals surface area contributed by atoms with Gasteiger partial charge in [0, 0.05) is 24.7 Å². The number of Topliss-reactive ketones (excluding diaryl/α,β-unsaturated/α-hetero) is 1. The molecule has 0 saturated carbocycles. The first-order valence-corrected chi connectivity index (χ1v) is 3.79. The highest BCUT2D eigenvalue weighted by Gasteiger charge is 2.17. The third kappa shape index (κ3) is 1.81. The van der Waals surface area contributed by atoms with Gasteiger partial charge in [-0.25, -0.2) is 0 Å². The average molecular weight is 165 g/mol. The number of hydrogen-bond donors (Lipinski definition) is 0. The maximum absolute atomic E-state index is 11.1. The summed E-state index contributed by atoms with van der Waals surface area (Å²) < 4.78 is 0. The average Bonchev–Trinajstić information content (AvgIpc) is 2.28. The predicted octanol–water partition coefficient (Wildman–Crippen LogP) is 0.878. The molecule has 1 aliphatic heterocycles. The molecule has 0 radical (unpaired) electrons. The van der Waals surface area contributed by atoms with Crippen LogP contribution < -0.4 is 0 Å². The van der Waals surface area contributed by atoms with Crippen molar-refractivity contribution in [3.63, 3.8) is 0 Å². The van der Waals surface area contributed by atoms with E-state index in [-0.39, 0.29) is 11.7 Å². The van der Waals surface area contributed by atoms with Gasteiger partial charge in [0.2, 0.25) is 0 Å². The van der Waals surface area contributed by atoms with Crippen LogP contribution in [0.25, 0.3) is 0 Å². The van der Waals surface area contributed by atoms with E-state index in [4.69, 9.17) is 0 Å². The molecule has 0 aromatic carbocycles. The summed E-state index contributed by atoms with van der Waals surface area (Å²) in [5.41, 5.74) is 0.668. The van der Waals surface area contributed by atoms with Crippen LogP contribution in [0, 0.1) is 0 Å². The van der Waals surface area contributed by atoms with Crippen LogP contribution in [0.5, 0.6) is 0 Å². The second kappa shape index (κ2) is 3.34. The van der Waals surface area contributed by atoms with E-state index in [0.29, 0.717) is 18.7 Å². The SMILES string of the molecule is C=C1C=CC(=O)N1CCC(C)=O. The summed E-state index contributed by atoms with van der Waals surface area (Å²) in [6.45, 7) is 5.63. The zero-order valence-corrected chi connectivity index (χ0v) is 7.04. The van der Waals surface area contributed by atoms with Gasteiger partial charge < -0.3 is 4.90 Å². The lowest BCUT2D eigenvalue weighted by Gasteiger charge is -2.15. The summed E-state index contributed by atoms with van der Waals surface area (Å²) in [6, 6.07) is 0. The molecule has 0 spiro atoms. The largest absolute Gasteiger partial charge is 0.309 e. The van der Waals surface area contributed by atoms with Crippen molar-refractivity contribution in [2.24, 2.45) is 0 Å². The minimum Gasteiger partial charge on any atom is -0.309 e. The highest BCUT2D eigenvalue weighted by atomic mass is 16.2. The van der Waals surface area contributed by atoms with Crippen molar-refractivity contribution in [3.05, 3.63) is 24.4 Å². The molecule has 1 amide bonds. The highest BCUT2D eigenvalue weighted by molar-refractivity contribution is 5.93. The Labute approximate surface area is 71.4 Å². The molecule has 0 atom stereocenters. The van der Waals surface area contributed by atoms with Crippen molar-refractivity contribution in [1.29, 1.82) is 0 Å². The van der Waals surface area contributed by atoms with E-state index in [0.717, 1.165) is 0 Å². The Balaban J connectivity index is 2.48. The van der Waals surface area contributed by atoms with Crippen LogP contribution in [0.2, 0.25) is 0 Å². The van der Waals surface area contributed by atoms with Crippen molar-refractivity contribution in [1.82, 2.24) is 4.90 Å². The molecule has 1 heterocycles. The topological polar surface area (TPSA) is 37.4 Å². The monoisotopic (exact) mass is 165 g/mol. The first-order chi connectivity index (χ1) is 5.61. The molecule has 0 saturated heterocycles. The van der Waals surface area contributed by atoms with E-state index in [2.05, 4.69) is 6.58 Å². The fraction of sp³-hybridized carbons (Fsp3) is 0.333. The van der Waals surface area contributed by atoms with Crippen molar-refractivity contribution in [3.8, 4) is 0 Å². The molecule has 1 aliphatic rings. The number of ketones is 1. The van der Waals surface area contributed by atoms with Gasteiger partial charge in [0.1, 0.15) is 5.78 Å². The van der Waals surface area contributed by atoms with Crippen LogP contribution in [0.3, 0.4) is 0 Å². The summed E-state index contributed by atoms with van der Waals surface area (Å²) >= 11 is 0. The van der Waals surface area contributed by atoms with E-state index >= 15 is 0 Å². The van der Waals surface area contributed by atoms with Crippen molar-refractivity contribution in [2.45, 2.75) is 13.3 Å². The van der Waals surface area contributed by atoms with E-state index in [9.17, 15) is 9.59 Å². The van der Waals surface area contributed by atoms with E-state index in [1.807, 2.05) is 0 Å².